The van der Waals surface area contributed by atoms with Gasteiger partial charge in [-0.05, 0) is 50.3 Å². The van der Waals surface area contributed by atoms with Crippen LogP contribution in [0, 0.1) is 5.92 Å². The fourth-order valence-corrected chi connectivity index (χ4v) is 4.27. The molecule has 0 saturated carbocycles. The van der Waals surface area contributed by atoms with E-state index in [1.165, 1.54) is 4.90 Å². The van der Waals surface area contributed by atoms with Crippen LogP contribution in [0.4, 0.5) is 4.79 Å². The molecular weight excluding hydrogens is 382 g/mol. The quantitative estimate of drug-likeness (QED) is 0.573. The summed E-state index contributed by atoms with van der Waals surface area (Å²) in [5, 5.41) is 21.5. The van der Waals surface area contributed by atoms with E-state index in [0.29, 0.717) is 43.2 Å². The zero-order valence-corrected chi connectivity index (χ0v) is 17.5. The standard InChI is InChI=1S/C24H31NO5/c1-29-17-8-7-15-24(28,19-10-9-16-25(18-19)23(26)27)21-13-5-6-14-22(21)30-20-11-3-2-4-12-20/h2-6,11-14,19,28H,7-10,15-18H2,1H3,(H,26,27)/t19?,24-/m0/s1. The Hall–Kier alpha value is -2.57. The van der Waals surface area contributed by atoms with Crippen molar-refractivity contribution in [2.75, 3.05) is 26.8 Å². The number of nitrogens with zero attached hydrogens (tertiary/aromatic N) is 1. The molecule has 0 radical (unpaired) electrons. The minimum absolute atomic E-state index is 0.203. The Balaban J connectivity index is 1.92. The van der Waals surface area contributed by atoms with Gasteiger partial charge in [0.15, 0.2) is 0 Å². The van der Waals surface area contributed by atoms with Gasteiger partial charge in [-0.25, -0.2) is 4.79 Å². The monoisotopic (exact) mass is 413 g/mol. The Labute approximate surface area is 178 Å². The second-order valence-electron chi connectivity index (χ2n) is 7.85. The third kappa shape index (κ3) is 5.32. The van der Waals surface area contributed by atoms with E-state index in [2.05, 4.69) is 0 Å². The van der Waals surface area contributed by atoms with Gasteiger partial charge in [-0.3, -0.25) is 0 Å². The van der Waals surface area contributed by atoms with E-state index in [0.717, 1.165) is 25.7 Å². The lowest BCUT2D eigenvalue weighted by molar-refractivity contribution is -0.0596. The molecule has 0 bridgehead atoms. The van der Waals surface area contributed by atoms with Crippen molar-refractivity contribution >= 4 is 6.09 Å². The van der Waals surface area contributed by atoms with E-state index in [-0.39, 0.29) is 5.92 Å². The van der Waals surface area contributed by atoms with Crippen molar-refractivity contribution in [1.82, 2.24) is 4.90 Å². The molecule has 0 aromatic heterocycles. The molecule has 0 spiro atoms. The summed E-state index contributed by atoms with van der Waals surface area (Å²) in [7, 11) is 1.67. The van der Waals surface area contributed by atoms with Crippen LogP contribution >= 0.6 is 0 Å². The number of carbonyl (C=O) groups is 1. The number of likely N-dealkylation sites (tertiary alicyclic amines) is 1. The summed E-state index contributed by atoms with van der Waals surface area (Å²) in [5.74, 6) is 1.10. The highest BCUT2D eigenvalue weighted by Crippen LogP contribution is 2.44. The number of carboxylic acid groups (broad SMARTS) is 1. The van der Waals surface area contributed by atoms with Crippen LogP contribution in [0.15, 0.2) is 54.6 Å². The largest absolute Gasteiger partial charge is 0.465 e. The van der Waals surface area contributed by atoms with Crippen LogP contribution in [0.2, 0.25) is 0 Å². The van der Waals surface area contributed by atoms with Crippen molar-refractivity contribution in [2.45, 2.75) is 37.7 Å². The van der Waals surface area contributed by atoms with Gasteiger partial charge in [-0.2, -0.15) is 0 Å². The maximum atomic E-state index is 12.0. The van der Waals surface area contributed by atoms with Crippen molar-refractivity contribution < 1.29 is 24.5 Å². The Morgan fingerprint density at radius 3 is 2.60 bits per heavy atom. The molecule has 3 rings (SSSR count). The summed E-state index contributed by atoms with van der Waals surface area (Å²) in [6.07, 6.45) is 2.69. The second-order valence-corrected chi connectivity index (χ2v) is 7.85. The number of ether oxygens (including phenoxy) is 2. The minimum Gasteiger partial charge on any atom is -0.465 e. The van der Waals surface area contributed by atoms with Crippen LogP contribution in [0.5, 0.6) is 11.5 Å². The third-order valence-electron chi connectivity index (χ3n) is 5.85. The molecule has 2 atom stereocenters. The van der Waals surface area contributed by atoms with Crippen LogP contribution < -0.4 is 4.74 Å². The number of hydrogen-bond acceptors (Lipinski definition) is 4. The molecule has 1 unspecified atom stereocenters. The lowest BCUT2D eigenvalue weighted by atomic mass is 9.73. The molecule has 6 nitrogen and oxygen atoms in total. The first-order valence-electron chi connectivity index (χ1n) is 10.6. The van der Waals surface area contributed by atoms with Gasteiger partial charge in [0.05, 0.1) is 5.60 Å². The van der Waals surface area contributed by atoms with Crippen molar-refractivity contribution in [3.63, 3.8) is 0 Å². The predicted molar refractivity (Wildman–Crippen MR) is 115 cm³/mol. The highest BCUT2D eigenvalue weighted by Gasteiger charge is 2.42. The normalized spacial score (nSPS) is 18.6. The maximum Gasteiger partial charge on any atom is 0.407 e. The average molecular weight is 414 g/mol. The highest BCUT2D eigenvalue weighted by atomic mass is 16.5. The van der Waals surface area contributed by atoms with Gasteiger partial charge in [0.2, 0.25) is 0 Å². The SMILES string of the molecule is COCCCC[C@@](O)(c1ccccc1Oc1ccccc1)C1CCCN(C(=O)O)C1. The molecular formula is C24H31NO5. The fourth-order valence-electron chi connectivity index (χ4n) is 4.27. The predicted octanol–water partition coefficient (Wildman–Crippen LogP) is 4.87. The van der Waals surface area contributed by atoms with Crippen LogP contribution in [-0.2, 0) is 10.3 Å². The first-order valence-corrected chi connectivity index (χ1v) is 10.6. The number of unbranched alkanes of at least 4 members (excludes halogenated alkanes) is 1. The van der Waals surface area contributed by atoms with Gasteiger partial charge >= 0.3 is 6.09 Å². The Bertz CT molecular complexity index is 812. The van der Waals surface area contributed by atoms with Gasteiger partial charge in [0.1, 0.15) is 11.5 Å². The zero-order chi connectivity index (χ0) is 21.4. The Kier molecular flexibility index (Phi) is 7.71. The molecule has 0 aliphatic carbocycles. The van der Waals surface area contributed by atoms with Gasteiger partial charge in [-0.1, -0.05) is 36.4 Å². The third-order valence-corrected chi connectivity index (χ3v) is 5.85. The number of benzene rings is 2. The molecule has 30 heavy (non-hydrogen) atoms. The minimum atomic E-state index is -1.19. The summed E-state index contributed by atoms with van der Waals surface area (Å²) < 4.78 is 11.3. The van der Waals surface area contributed by atoms with E-state index in [4.69, 9.17) is 9.47 Å². The molecule has 162 valence electrons. The molecule has 6 heteroatoms. The van der Waals surface area contributed by atoms with E-state index in [9.17, 15) is 15.0 Å². The number of amides is 1. The number of aliphatic hydroxyl groups is 1. The highest BCUT2D eigenvalue weighted by molar-refractivity contribution is 5.65. The van der Waals surface area contributed by atoms with Crippen LogP contribution in [0.3, 0.4) is 0 Å². The number of para-hydroxylation sites is 2. The number of methoxy groups -OCH3 is 1. The first-order chi connectivity index (χ1) is 14.5. The lowest BCUT2D eigenvalue weighted by Crippen LogP contribution is -2.48. The molecule has 2 aromatic carbocycles. The number of piperidine rings is 1. The van der Waals surface area contributed by atoms with E-state index in [1.54, 1.807) is 7.11 Å². The lowest BCUT2D eigenvalue weighted by Gasteiger charge is -2.42. The molecule has 1 fully saturated rings. The molecule has 1 saturated heterocycles. The van der Waals surface area contributed by atoms with Gasteiger partial charge in [0.25, 0.3) is 0 Å². The second kappa shape index (κ2) is 10.5. The van der Waals surface area contributed by atoms with E-state index in [1.807, 2.05) is 54.6 Å². The van der Waals surface area contributed by atoms with Crippen molar-refractivity contribution in [1.29, 1.82) is 0 Å². The Morgan fingerprint density at radius 2 is 1.87 bits per heavy atom. The zero-order valence-electron chi connectivity index (χ0n) is 17.5. The summed E-state index contributed by atoms with van der Waals surface area (Å²) >= 11 is 0. The van der Waals surface area contributed by atoms with Crippen molar-refractivity contribution in [2.24, 2.45) is 5.92 Å². The topological polar surface area (TPSA) is 79.2 Å². The van der Waals surface area contributed by atoms with Gasteiger partial charge in [-0.15, -0.1) is 0 Å². The van der Waals surface area contributed by atoms with E-state index < -0.39 is 11.7 Å². The molecule has 1 heterocycles. The molecule has 1 aliphatic heterocycles. The summed E-state index contributed by atoms with van der Waals surface area (Å²) in [6.45, 7) is 1.45. The smallest absolute Gasteiger partial charge is 0.407 e. The number of rotatable bonds is 9. The van der Waals surface area contributed by atoms with Crippen LogP contribution in [-0.4, -0.2) is 48.0 Å². The first kappa shape index (κ1) is 22.1. The average Bonchev–Trinajstić information content (AvgIpc) is 2.78. The summed E-state index contributed by atoms with van der Waals surface area (Å²) in [6, 6.07) is 17.0. The molecule has 2 N–H and O–H groups in total. The van der Waals surface area contributed by atoms with Crippen molar-refractivity contribution in [3.05, 3.63) is 60.2 Å². The fraction of sp³-hybridized carbons (Fsp3) is 0.458. The van der Waals surface area contributed by atoms with E-state index >= 15 is 0 Å². The molecule has 1 amide bonds. The van der Waals surface area contributed by atoms with Crippen LogP contribution in [0.25, 0.3) is 0 Å². The van der Waals surface area contributed by atoms with Crippen LogP contribution in [0.1, 0.15) is 37.7 Å². The summed E-state index contributed by atoms with van der Waals surface area (Å²) in [4.78, 5) is 13.0. The summed E-state index contributed by atoms with van der Waals surface area (Å²) in [5.41, 5.74) is -0.476. The molecule has 1 aliphatic rings. The maximum absolute atomic E-state index is 12.0. The van der Waals surface area contributed by atoms with Gasteiger partial charge < -0.3 is 24.6 Å². The Morgan fingerprint density at radius 1 is 1.13 bits per heavy atom. The van der Waals surface area contributed by atoms with Gasteiger partial charge in [0, 0.05) is 38.3 Å². The number of hydrogen-bond donors (Lipinski definition) is 2. The molecule has 2 aromatic rings. The van der Waals surface area contributed by atoms with Crippen molar-refractivity contribution in [3.8, 4) is 11.5 Å².